The molecule has 2 aliphatic rings. The number of benzene rings is 1. The Balaban J connectivity index is 1.73. The van der Waals surface area contributed by atoms with Crippen LogP contribution in [0.1, 0.15) is 52.0 Å². The summed E-state index contributed by atoms with van der Waals surface area (Å²) in [7, 11) is 0. The second kappa shape index (κ2) is 10.8. The molecular weight excluding hydrogens is 442 g/mol. The van der Waals surface area contributed by atoms with E-state index < -0.39 is 29.1 Å². The maximum absolute atomic E-state index is 13.1. The summed E-state index contributed by atoms with van der Waals surface area (Å²) in [5.41, 5.74) is 1.26. The lowest BCUT2D eigenvalue weighted by atomic mass is 10.00. The molecule has 1 saturated heterocycles. The molecule has 3 rings (SSSR count). The number of alkyl carbamates (subject to hydrolysis) is 1. The Morgan fingerprint density at radius 2 is 1.97 bits per heavy atom. The number of fused-ring (bicyclic) bond motifs is 1. The van der Waals surface area contributed by atoms with Gasteiger partial charge in [0.25, 0.3) is 5.91 Å². The van der Waals surface area contributed by atoms with Gasteiger partial charge in [0, 0.05) is 12.2 Å². The molecule has 2 atom stereocenters. The highest BCUT2D eigenvalue weighted by atomic mass is 32.2. The normalized spacial score (nSPS) is 19.8. The fourth-order valence-corrected chi connectivity index (χ4v) is 5.02. The van der Waals surface area contributed by atoms with E-state index in [2.05, 4.69) is 11.4 Å². The van der Waals surface area contributed by atoms with Crippen molar-refractivity contribution in [2.75, 3.05) is 5.75 Å². The molecule has 1 N–H and O–H groups in total. The van der Waals surface area contributed by atoms with Crippen molar-refractivity contribution in [3.05, 3.63) is 47.2 Å². The quantitative estimate of drug-likeness (QED) is 0.348. The third-order valence-corrected chi connectivity index (χ3v) is 6.48. The highest BCUT2D eigenvalue weighted by Crippen LogP contribution is 2.42. The number of carbonyl (C=O) groups is 3. The number of hydrogen-bond acceptors (Lipinski definition) is 7. The molecule has 0 bridgehead atoms. The van der Waals surface area contributed by atoms with Gasteiger partial charge in [-0.05, 0) is 51.2 Å². The van der Waals surface area contributed by atoms with Crippen molar-refractivity contribution in [2.24, 2.45) is 0 Å². The fourth-order valence-electron chi connectivity index (χ4n) is 3.63. The molecule has 1 fully saturated rings. The number of ether oxygens (including phenoxy) is 2. The molecule has 0 unspecified atom stereocenters. The van der Waals surface area contributed by atoms with E-state index in [0.29, 0.717) is 18.6 Å². The topological polar surface area (TPSA) is 109 Å². The molecule has 176 valence electrons. The van der Waals surface area contributed by atoms with Crippen LogP contribution in [0.4, 0.5) is 4.79 Å². The molecular formula is C24H29N3O5S. The lowest BCUT2D eigenvalue weighted by molar-refractivity contribution is -0.152. The summed E-state index contributed by atoms with van der Waals surface area (Å²) in [6, 6.07) is 10.7. The summed E-state index contributed by atoms with van der Waals surface area (Å²) in [5.74, 6) is -0.369. The van der Waals surface area contributed by atoms with Gasteiger partial charge in [0.05, 0.1) is 6.07 Å². The molecule has 1 aromatic carbocycles. The number of carbonyl (C=O) groups excluding carboxylic acids is 3. The van der Waals surface area contributed by atoms with Gasteiger partial charge in [-0.3, -0.25) is 9.69 Å². The number of hydrogen-bond donors (Lipinski definition) is 1. The standard InChI is InChI=1S/C24H29N3O5S/c1-24(2,3)32-23(30)26-18-20(28)27-19(22(29)31-14-16-10-6-4-7-11-16)17(15-33-21(18)27)12-8-5-9-13-25/h4,6-7,10-11,18,21H,5,8-9,12,14-15H2,1-3H3,(H,26,30)/t18-,21-/m1/s1. The Kier molecular flexibility index (Phi) is 8.03. The van der Waals surface area contributed by atoms with Gasteiger partial charge in [-0.1, -0.05) is 30.3 Å². The van der Waals surface area contributed by atoms with E-state index in [1.807, 2.05) is 30.3 Å². The van der Waals surface area contributed by atoms with E-state index in [1.165, 1.54) is 16.7 Å². The van der Waals surface area contributed by atoms with Crippen molar-refractivity contribution >= 4 is 29.7 Å². The lowest BCUT2D eigenvalue weighted by Crippen LogP contribution is -2.70. The van der Waals surface area contributed by atoms with Gasteiger partial charge in [-0.25, -0.2) is 9.59 Å². The first-order valence-corrected chi connectivity index (χ1v) is 12.0. The number of amides is 2. The summed E-state index contributed by atoms with van der Waals surface area (Å²) in [6.07, 6.45) is 1.84. The molecule has 9 heteroatoms. The van der Waals surface area contributed by atoms with Gasteiger partial charge in [0.2, 0.25) is 0 Å². The first kappa shape index (κ1) is 24.6. The molecule has 1 aromatic rings. The molecule has 2 amide bonds. The number of rotatable bonds is 8. The van der Waals surface area contributed by atoms with Crippen LogP contribution in [-0.2, 0) is 25.7 Å². The summed E-state index contributed by atoms with van der Waals surface area (Å²) < 4.78 is 10.8. The summed E-state index contributed by atoms with van der Waals surface area (Å²) in [4.78, 5) is 39.7. The van der Waals surface area contributed by atoms with E-state index in [1.54, 1.807) is 20.8 Å². The van der Waals surface area contributed by atoms with Crippen LogP contribution in [-0.4, -0.2) is 45.6 Å². The largest absolute Gasteiger partial charge is 0.456 e. The van der Waals surface area contributed by atoms with Crippen molar-refractivity contribution in [3.8, 4) is 6.07 Å². The molecule has 2 heterocycles. The van der Waals surface area contributed by atoms with Crippen molar-refractivity contribution in [1.29, 1.82) is 5.26 Å². The average Bonchev–Trinajstić information content (AvgIpc) is 2.77. The van der Waals surface area contributed by atoms with Crippen molar-refractivity contribution in [3.63, 3.8) is 0 Å². The van der Waals surface area contributed by atoms with Gasteiger partial charge in [-0.2, -0.15) is 5.26 Å². The second-order valence-corrected chi connectivity index (χ2v) is 10.0. The third-order valence-electron chi connectivity index (χ3n) is 5.14. The van der Waals surface area contributed by atoms with E-state index in [9.17, 15) is 14.4 Å². The van der Waals surface area contributed by atoms with Gasteiger partial charge in [0.1, 0.15) is 29.3 Å². The maximum Gasteiger partial charge on any atom is 0.408 e. The lowest BCUT2D eigenvalue weighted by Gasteiger charge is -2.49. The Labute approximate surface area is 198 Å². The predicted octanol–water partition coefficient (Wildman–Crippen LogP) is 3.88. The number of thioether (sulfide) groups is 1. The summed E-state index contributed by atoms with van der Waals surface area (Å²) >= 11 is 1.50. The van der Waals surface area contributed by atoms with Gasteiger partial charge in [-0.15, -0.1) is 11.8 Å². The molecule has 0 aromatic heterocycles. The van der Waals surface area contributed by atoms with Crippen LogP contribution in [0.5, 0.6) is 0 Å². The van der Waals surface area contributed by atoms with Crippen molar-refractivity contribution in [2.45, 2.75) is 70.1 Å². The smallest absolute Gasteiger partial charge is 0.408 e. The molecule has 2 aliphatic heterocycles. The Morgan fingerprint density at radius 1 is 1.24 bits per heavy atom. The van der Waals surface area contributed by atoms with E-state index in [4.69, 9.17) is 14.7 Å². The molecule has 0 aliphatic carbocycles. The van der Waals surface area contributed by atoms with Gasteiger partial charge in [0.15, 0.2) is 0 Å². The summed E-state index contributed by atoms with van der Waals surface area (Å²) in [5, 5.41) is 11.0. The van der Waals surface area contributed by atoms with Crippen LogP contribution in [0.15, 0.2) is 41.6 Å². The molecule has 33 heavy (non-hydrogen) atoms. The van der Waals surface area contributed by atoms with Crippen LogP contribution >= 0.6 is 11.8 Å². The zero-order valence-corrected chi connectivity index (χ0v) is 19.9. The van der Waals surface area contributed by atoms with Crippen LogP contribution in [0.25, 0.3) is 0 Å². The molecule has 8 nitrogen and oxygen atoms in total. The number of esters is 1. The Morgan fingerprint density at radius 3 is 2.64 bits per heavy atom. The second-order valence-electron chi connectivity index (χ2n) is 8.91. The monoisotopic (exact) mass is 471 g/mol. The zero-order chi connectivity index (χ0) is 24.0. The number of nitrogens with zero attached hydrogens (tertiary/aromatic N) is 2. The first-order valence-electron chi connectivity index (χ1n) is 11.0. The van der Waals surface area contributed by atoms with Crippen molar-refractivity contribution < 1.29 is 23.9 Å². The SMILES string of the molecule is CC(C)(C)OC(=O)N[C@@H]1C(=O)N2C(C(=O)OCc3ccccc3)=C(CCCCC#N)CS[C@H]12. The van der Waals surface area contributed by atoms with E-state index in [-0.39, 0.29) is 18.2 Å². The minimum atomic E-state index is -0.762. The van der Waals surface area contributed by atoms with Crippen LogP contribution in [0, 0.1) is 11.3 Å². The minimum Gasteiger partial charge on any atom is -0.456 e. The van der Waals surface area contributed by atoms with Crippen LogP contribution in [0.2, 0.25) is 0 Å². The first-order chi connectivity index (χ1) is 15.7. The highest BCUT2D eigenvalue weighted by molar-refractivity contribution is 8.00. The van der Waals surface area contributed by atoms with Gasteiger partial charge < -0.3 is 14.8 Å². The molecule has 0 spiro atoms. The molecule has 0 radical (unpaired) electrons. The van der Waals surface area contributed by atoms with Gasteiger partial charge >= 0.3 is 12.1 Å². The highest BCUT2D eigenvalue weighted by Gasteiger charge is 2.54. The van der Waals surface area contributed by atoms with Crippen molar-refractivity contribution in [1.82, 2.24) is 10.2 Å². The average molecular weight is 472 g/mol. The number of β-lactam (4-membered cyclic amide) rings is 1. The molecule has 0 saturated carbocycles. The number of unbranched alkanes of at least 4 members (excludes halogenated alkanes) is 2. The zero-order valence-electron chi connectivity index (χ0n) is 19.1. The minimum absolute atomic E-state index is 0.102. The fraction of sp³-hybridized carbons (Fsp3) is 0.500. The maximum atomic E-state index is 13.1. The van der Waals surface area contributed by atoms with E-state index in [0.717, 1.165) is 24.0 Å². The third kappa shape index (κ3) is 6.29. The number of nitriles is 1. The van der Waals surface area contributed by atoms with E-state index >= 15 is 0 Å². The van der Waals surface area contributed by atoms with Crippen LogP contribution < -0.4 is 5.32 Å². The Bertz CT molecular complexity index is 965. The number of nitrogens with one attached hydrogen (secondary N) is 1. The van der Waals surface area contributed by atoms with Crippen LogP contribution in [0.3, 0.4) is 0 Å². The Hall–Kier alpha value is -2.99. The summed E-state index contributed by atoms with van der Waals surface area (Å²) in [6.45, 7) is 5.35. The predicted molar refractivity (Wildman–Crippen MR) is 124 cm³/mol.